The van der Waals surface area contributed by atoms with Crippen molar-refractivity contribution in [3.63, 3.8) is 0 Å². The van der Waals surface area contributed by atoms with E-state index in [9.17, 15) is 5.21 Å². The summed E-state index contributed by atoms with van der Waals surface area (Å²) in [6, 6.07) is 31.6. The summed E-state index contributed by atoms with van der Waals surface area (Å²) in [6.45, 7) is 0. The van der Waals surface area contributed by atoms with Crippen LogP contribution in [0, 0.1) is 5.21 Å². The van der Waals surface area contributed by atoms with Crippen molar-refractivity contribution in [1.82, 2.24) is 0 Å². The number of nitrogens with zero attached hydrogens (tertiary/aromatic N) is 1. The van der Waals surface area contributed by atoms with Gasteiger partial charge in [-0.1, -0.05) is 48.5 Å². The van der Waals surface area contributed by atoms with Crippen molar-refractivity contribution < 1.29 is 9.47 Å². The van der Waals surface area contributed by atoms with E-state index in [0.717, 1.165) is 27.2 Å². The maximum atomic E-state index is 13.4. The van der Waals surface area contributed by atoms with Crippen LogP contribution in [0.25, 0.3) is 22.5 Å². The average Bonchev–Trinajstić information content (AvgIpc) is 2.75. The van der Waals surface area contributed by atoms with Gasteiger partial charge >= 0.3 is 0 Å². The van der Waals surface area contributed by atoms with E-state index in [-0.39, 0.29) is 0 Å². The number of methoxy groups -OCH3 is 1. The number of pyridine rings is 1. The zero-order valence-corrected chi connectivity index (χ0v) is 15.7. The average molecular weight is 367 g/mol. The van der Waals surface area contributed by atoms with Gasteiger partial charge in [-0.3, -0.25) is 0 Å². The summed E-state index contributed by atoms with van der Waals surface area (Å²) < 4.78 is 6.28. The van der Waals surface area contributed by atoms with Crippen LogP contribution in [0.2, 0.25) is 0 Å². The molecule has 3 heteroatoms. The van der Waals surface area contributed by atoms with Crippen molar-refractivity contribution in [1.29, 1.82) is 0 Å². The van der Waals surface area contributed by atoms with Crippen LogP contribution in [0.1, 0.15) is 11.1 Å². The SMILES string of the molecule is COc1ccc(-c2ccc(Cc3ccccc3)c(-c3ccccc3)[n+]2[O-])cc1. The van der Waals surface area contributed by atoms with Crippen molar-refractivity contribution in [3.05, 3.63) is 113 Å². The number of hydrogen-bond acceptors (Lipinski definition) is 2. The van der Waals surface area contributed by atoms with Gasteiger partial charge in [0.1, 0.15) is 5.75 Å². The molecule has 3 nitrogen and oxygen atoms in total. The minimum Gasteiger partial charge on any atom is -0.618 e. The van der Waals surface area contributed by atoms with Gasteiger partial charge in [0, 0.05) is 29.2 Å². The number of ether oxygens (including phenoxy) is 1. The van der Waals surface area contributed by atoms with Crippen molar-refractivity contribution in [2.24, 2.45) is 0 Å². The van der Waals surface area contributed by atoms with Crippen LogP contribution in [0.4, 0.5) is 0 Å². The van der Waals surface area contributed by atoms with Crippen LogP contribution >= 0.6 is 0 Å². The van der Waals surface area contributed by atoms with E-state index in [1.807, 2.05) is 78.9 Å². The lowest BCUT2D eigenvalue weighted by Gasteiger charge is -2.14. The molecule has 0 atom stereocenters. The van der Waals surface area contributed by atoms with Gasteiger partial charge in [0.25, 0.3) is 0 Å². The zero-order valence-electron chi connectivity index (χ0n) is 15.7. The largest absolute Gasteiger partial charge is 0.618 e. The standard InChI is InChI=1S/C25H21NO2/c1-28-23-15-12-20(13-16-23)24-17-14-22(18-19-8-4-2-5-9-19)25(26(24)27)21-10-6-3-7-11-21/h2-17H,18H2,1H3. The minimum atomic E-state index is 0.623. The highest BCUT2D eigenvalue weighted by molar-refractivity contribution is 5.65. The second-order valence-electron chi connectivity index (χ2n) is 6.64. The van der Waals surface area contributed by atoms with E-state index in [0.29, 0.717) is 17.8 Å². The zero-order chi connectivity index (χ0) is 19.3. The van der Waals surface area contributed by atoms with E-state index in [1.54, 1.807) is 7.11 Å². The maximum Gasteiger partial charge on any atom is 0.227 e. The molecule has 0 amide bonds. The lowest BCUT2D eigenvalue weighted by atomic mass is 9.98. The molecule has 3 aromatic carbocycles. The molecule has 0 saturated heterocycles. The topological polar surface area (TPSA) is 36.2 Å². The molecule has 0 spiro atoms. The van der Waals surface area contributed by atoms with Crippen molar-refractivity contribution in [3.8, 4) is 28.3 Å². The van der Waals surface area contributed by atoms with Gasteiger partial charge in [-0.05, 0) is 48.0 Å². The first-order valence-electron chi connectivity index (χ1n) is 9.25. The Balaban J connectivity index is 1.84. The molecule has 0 aliphatic carbocycles. The third kappa shape index (κ3) is 3.60. The third-order valence-electron chi connectivity index (χ3n) is 4.84. The summed E-state index contributed by atoms with van der Waals surface area (Å²) in [4.78, 5) is 0. The number of benzene rings is 3. The molecule has 138 valence electrons. The maximum absolute atomic E-state index is 13.4. The fraction of sp³-hybridized carbons (Fsp3) is 0.0800. The molecule has 0 N–H and O–H groups in total. The fourth-order valence-corrected chi connectivity index (χ4v) is 3.41. The second kappa shape index (κ2) is 7.97. The predicted octanol–water partition coefficient (Wildman–Crippen LogP) is 5.25. The number of hydrogen-bond donors (Lipinski definition) is 0. The Hall–Kier alpha value is -3.59. The molecule has 1 aromatic heterocycles. The summed E-state index contributed by atoms with van der Waals surface area (Å²) >= 11 is 0. The van der Waals surface area contributed by atoms with Gasteiger partial charge in [-0.15, -0.1) is 0 Å². The van der Waals surface area contributed by atoms with E-state index >= 15 is 0 Å². The van der Waals surface area contributed by atoms with Crippen LogP contribution in [0.5, 0.6) is 5.75 Å². The smallest absolute Gasteiger partial charge is 0.227 e. The van der Waals surface area contributed by atoms with E-state index in [4.69, 9.17) is 4.74 Å². The summed E-state index contributed by atoms with van der Waals surface area (Å²) in [7, 11) is 1.63. The molecular formula is C25H21NO2. The predicted molar refractivity (Wildman–Crippen MR) is 112 cm³/mol. The number of rotatable bonds is 5. The Morgan fingerprint density at radius 1 is 0.714 bits per heavy atom. The summed E-state index contributed by atoms with van der Waals surface area (Å²) in [5, 5.41) is 13.4. The van der Waals surface area contributed by atoms with E-state index in [1.165, 1.54) is 5.56 Å². The second-order valence-corrected chi connectivity index (χ2v) is 6.64. The van der Waals surface area contributed by atoms with Gasteiger partial charge in [-0.2, -0.15) is 4.73 Å². The summed E-state index contributed by atoms with van der Waals surface area (Å²) in [6.07, 6.45) is 0.705. The normalized spacial score (nSPS) is 10.6. The van der Waals surface area contributed by atoms with E-state index in [2.05, 4.69) is 18.2 Å². The molecule has 0 aliphatic rings. The van der Waals surface area contributed by atoms with Gasteiger partial charge in [0.05, 0.1) is 7.11 Å². The van der Waals surface area contributed by atoms with Gasteiger partial charge in [0.2, 0.25) is 11.4 Å². The highest BCUT2D eigenvalue weighted by Crippen LogP contribution is 2.27. The molecule has 0 fully saturated rings. The Kier molecular flexibility index (Phi) is 5.07. The summed E-state index contributed by atoms with van der Waals surface area (Å²) in [5.41, 5.74) is 5.27. The molecule has 4 aromatic rings. The molecule has 28 heavy (non-hydrogen) atoms. The van der Waals surface area contributed by atoms with Crippen molar-refractivity contribution in [2.45, 2.75) is 6.42 Å². The molecule has 0 unspecified atom stereocenters. The molecular weight excluding hydrogens is 346 g/mol. The minimum absolute atomic E-state index is 0.623. The summed E-state index contributed by atoms with van der Waals surface area (Å²) in [5.74, 6) is 0.769. The van der Waals surface area contributed by atoms with Crippen LogP contribution in [0.3, 0.4) is 0 Å². The Bertz CT molecular complexity index is 1060. The van der Waals surface area contributed by atoms with Gasteiger partial charge in [-0.25, -0.2) is 0 Å². The van der Waals surface area contributed by atoms with Crippen LogP contribution in [-0.2, 0) is 6.42 Å². The van der Waals surface area contributed by atoms with Crippen LogP contribution in [-0.4, -0.2) is 7.11 Å². The fourth-order valence-electron chi connectivity index (χ4n) is 3.41. The number of aromatic nitrogens is 1. The van der Waals surface area contributed by atoms with Gasteiger partial charge in [0.15, 0.2) is 0 Å². The quantitative estimate of drug-likeness (QED) is 0.357. The molecule has 0 aliphatic heterocycles. The molecule has 0 radical (unpaired) electrons. The first-order chi connectivity index (χ1) is 13.8. The Labute approximate surface area is 165 Å². The molecule has 0 saturated carbocycles. The highest BCUT2D eigenvalue weighted by atomic mass is 16.5. The van der Waals surface area contributed by atoms with E-state index < -0.39 is 0 Å². The van der Waals surface area contributed by atoms with Crippen LogP contribution in [0.15, 0.2) is 97.1 Å². The first kappa shape index (κ1) is 17.8. The molecule has 0 bridgehead atoms. The van der Waals surface area contributed by atoms with Gasteiger partial charge < -0.3 is 9.94 Å². The lowest BCUT2D eigenvalue weighted by molar-refractivity contribution is -0.582. The van der Waals surface area contributed by atoms with Crippen molar-refractivity contribution >= 4 is 0 Å². The molecule has 4 rings (SSSR count). The van der Waals surface area contributed by atoms with Crippen molar-refractivity contribution in [2.75, 3.05) is 7.11 Å². The Morgan fingerprint density at radius 2 is 1.36 bits per heavy atom. The lowest BCUT2D eigenvalue weighted by Crippen LogP contribution is -2.33. The monoisotopic (exact) mass is 367 g/mol. The Morgan fingerprint density at radius 3 is 2.00 bits per heavy atom. The van der Waals surface area contributed by atoms with Crippen LogP contribution < -0.4 is 9.47 Å². The third-order valence-corrected chi connectivity index (χ3v) is 4.84. The highest BCUT2D eigenvalue weighted by Gasteiger charge is 2.20. The first-order valence-corrected chi connectivity index (χ1v) is 9.25. The molecule has 1 heterocycles.